The van der Waals surface area contributed by atoms with Gasteiger partial charge in [0.1, 0.15) is 10.9 Å². The maximum absolute atomic E-state index is 12.9. The zero-order valence-corrected chi connectivity index (χ0v) is 17.8. The molecule has 3 aliphatic rings. The third kappa shape index (κ3) is 3.99. The Labute approximate surface area is 167 Å². The Morgan fingerprint density at radius 1 is 1.07 bits per heavy atom. The Morgan fingerprint density at radius 3 is 2.07 bits per heavy atom. The van der Waals surface area contributed by atoms with Crippen molar-refractivity contribution in [2.45, 2.75) is 50.9 Å². The van der Waals surface area contributed by atoms with Gasteiger partial charge in [0.2, 0.25) is 15.9 Å². The Kier molecular flexibility index (Phi) is 5.68. The number of rotatable bonds is 4. The minimum atomic E-state index is -3.49. The Bertz CT molecular complexity index is 709. The van der Waals surface area contributed by atoms with Crippen LogP contribution in [0.15, 0.2) is 0 Å². The van der Waals surface area contributed by atoms with E-state index in [1.54, 1.807) is 25.7 Å². The molecule has 0 spiro atoms. The van der Waals surface area contributed by atoms with E-state index in [4.69, 9.17) is 10.5 Å². The number of amides is 2. The van der Waals surface area contributed by atoms with Gasteiger partial charge in [0.25, 0.3) is 0 Å². The second kappa shape index (κ2) is 7.46. The molecule has 0 radical (unpaired) electrons. The first-order valence-electron chi connectivity index (χ1n) is 9.95. The highest BCUT2D eigenvalue weighted by molar-refractivity contribution is 7.89. The van der Waals surface area contributed by atoms with Crippen LogP contribution in [0.25, 0.3) is 0 Å². The van der Waals surface area contributed by atoms with Gasteiger partial charge in [-0.25, -0.2) is 13.2 Å². The van der Waals surface area contributed by atoms with Gasteiger partial charge in [0.15, 0.2) is 0 Å². The van der Waals surface area contributed by atoms with Crippen molar-refractivity contribution < 1.29 is 22.7 Å². The van der Waals surface area contributed by atoms with E-state index >= 15 is 0 Å². The van der Waals surface area contributed by atoms with E-state index in [-0.39, 0.29) is 32.1 Å². The van der Waals surface area contributed by atoms with Crippen LogP contribution in [0.2, 0.25) is 0 Å². The zero-order valence-electron chi connectivity index (χ0n) is 17.0. The highest BCUT2D eigenvalue weighted by atomic mass is 32.2. The fourth-order valence-electron chi connectivity index (χ4n) is 3.90. The lowest BCUT2D eigenvalue weighted by Gasteiger charge is -2.48. The summed E-state index contributed by atoms with van der Waals surface area (Å²) >= 11 is 0. The van der Waals surface area contributed by atoms with Crippen LogP contribution < -0.4 is 5.73 Å². The molecule has 10 heteroatoms. The van der Waals surface area contributed by atoms with Crippen LogP contribution in [0.4, 0.5) is 4.79 Å². The van der Waals surface area contributed by atoms with Gasteiger partial charge in [-0.3, -0.25) is 4.79 Å². The fourth-order valence-corrected chi connectivity index (χ4v) is 5.73. The molecule has 28 heavy (non-hydrogen) atoms. The molecule has 1 saturated carbocycles. The van der Waals surface area contributed by atoms with Gasteiger partial charge in [-0.15, -0.1) is 0 Å². The van der Waals surface area contributed by atoms with Crippen molar-refractivity contribution in [2.24, 2.45) is 11.1 Å². The van der Waals surface area contributed by atoms with Crippen LogP contribution in [-0.4, -0.2) is 91.2 Å². The molecular weight excluding hydrogens is 384 g/mol. The lowest BCUT2D eigenvalue weighted by molar-refractivity contribution is -0.150. The van der Waals surface area contributed by atoms with Crippen LogP contribution in [0.3, 0.4) is 0 Å². The maximum Gasteiger partial charge on any atom is 0.410 e. The molecule has 3 rings (SSSR count). The van der Waals surface area contributed by atoms with Crippen molar-refractivity contribution >= 4 is 22.0 Å². The number of ether oxygens (including phenoxy) is 1. The number of sulfonamides is 1. The third-order valence-corrected chi connectivity index (χ3v) is 8.19. The third-order valence-electron chi connectivity index (χ3n) is 5.96. The SMILES string of the molecule is CC(C)(C)OC(=O)N1CCN(S(=O)(=O)C2CN(C(=O)C3(CN)CCC3)C2)CC1. The minimum Gasteiger partial charge on any atom is -0.444 e. The van der Waals surface area contributed by atoms with Crippen molar-refractivity contribution in [3.63, 3.8) is 0 Å². The van der Waals surface area contributed by atoms with E-state index in [2.05, 4.69) is 0 Å². The average Bonchev–Trinajstić information content (AvgIpc) is 2.51. The van der Waals surface area contributed by atoms with Crippen LogP contribution in [0.5, 0.6) is 0 Å². The van der Waals surface area contributed by atoms with Crippen LogP contribution in [0.1, 0.15) is 40.0 Å². The van der Waals surface area contributed by atoms with Crippen LogP contribution >= 0.6 is 0 Å². The molecule has 0 aromatic carbocycles. The predicted molar refractivity (Wildman–Crippen MR) is 104 cm³/mol. The number of carbonyl (C=O) groups excluding carboxylic acids is 2. The topological polar surface area (TPSA) is 113 Å². The minimum absolute atomic E-state index is 0.00226. The summed E-state index contributed by atoms with van der Waals surface area (Å²) in [5.41, 5.74) is 4.74. The van der Waals surface area contributed by atoms with E-state index in [1.165, 1.54) is 9.21 Å². The highest BCUT2D eigenvalue weighted by Gasteiger charge is 2.51. The van der Waals surface area contributed by atoms with Gasteiger partial charge in [-0.1, -0.05) is 6.42 Å². The summed E-state index contributed by atoms with van der Waals surface area (Å²) < 4.78 is 32.5. The maximum atomic E-state index is 12.9. The van der Waals surface area contributed by atoms with Crippen LogP contribution in [-0.2, 0) is 19.6 Å². The van der Waals surface area contributed by atoms with E-state index < -0.39 is 32.4 Å². The lowest BCUT2D eigenvalue weighted by Crippen LogP contribution is -2.65. The van der Waals surface area contributed by atoms with E-state index in [0.717, 1.165) is 19.3 Å². The van der Waals surface area contributed by atoms with Gasteiger partial charge in [0, 0.05) is 45.8 Å². The molecule has 2 amide bonds. The van der Waals surface area contributed by atoms with Crippen molar-refractivity contribution in [3.8, 4) is 0 Å². The molecule has 0 unspecified atom stereocenters. The summed E-state index contributed by atoms with van der Waals surface area (Å²) in [5.74, 6) is 0.00226. The van der Waals surface area contributed by atoms with Gasteiger partial charge in [0.05, 0.1) is 5.41 Å². The molecule has 0 aromatic rings. The molecule has 9 nitrogen and oxygen atoms in total. The molecule has 1 aliphatic carbocycles. The first-order chi connectivity index (χ1) is 13.0. The standard InChI is InChI=1S/C18H32N4O5S/c1-17(2,3)27-16(24)20-7-9-22(10-8-20)28(25,26)14-11-21(12-14)15(23)18(13-19)5-4-6-18/h14H,4-13,19H2,1-3H3. The van der Waals surface area contributed by atoms with E-state index in [1.807, 2.05) is 0 Å². The van der Waals surface area contributed by atoms with Crippen LogP contribution in [0, 0.1) is 5.41 Å². The normalized spacial score (nSPS) is 23.7. The number of carbonyl (C=O) groups is 2. The Morgan fingerprint density at radius 2 is 1.64 bits per heavy atom. The van der Waals surface area contributed by atoms with Crippen molar-refractivity contribution in [1.82, 2.24) is 14.1 Å². The molecule has 0 atom stereocenters. The number of hydrogen-bond donors (Lipinski definition) is 1. The second-order valence-electron chi connectivity index (χ2n) is 9.08. The summed E-state index contributed by atoms with van der Waals surface area (Å²) in [6.07, 6.45) is 2.17. The molecule has 0 bridgehead atoms. The number of likely N-dealkylation sites (tertiary alicyclic amines) is 1. The zero-order chi connectivity index (χ0) is 20.7. The van der Waals surface area contributed by atoms with Crippen molar-refractivity contribution in [1.29, 1.82) is 0 Å². The summed E-state index contributed by atoms with van der Waals surface area (Å²) in [5, 5.41) is -0.570. The van der Waals surface area contributed by atoms with E-state index in [9.17, 15) is 18.0 Å². The van der Waals surface area contributed by atoms with Crippen molar-refractivity contribution in [2.75, 3.05) is 45.8 Å². The molecule has 0 aromatic heterocycles. The molecule has 160 valence electrons. The summed E-state index contributed by atoms with van der Waals surface area (Å²) in [4.78, 5) is 27.9. The largest absolute Gasteiger partial charge is 0.444 e. The van der Waals surface area contributed by atoms with Gasteiger partial charge in [-0.05, 0) is 33.6 Å². The molecule has 2 heterocycles. The Balaban J connectivity index is 1.50. The molecule has 2 N–H and O–H groups in total. The number of piperazine rings is 1. The monoisotopic (exact) mass is 416 g/mol. The van der Waals surface area contributed by atoms with Crippen molar-refractivity contribution in [3.05, 3.63) is 0 Å². The molecule has 2 aliphatic heterocycles. The second-order valence-corrected chi connectivity index (χ2v) is 11.3. The molecular formula is C18H32N4O5S. The number of nitrogens with two attached hydrogens (primary N) is 1. The smallest absolute Gasteiger partial charge is 0.410 e. The highest BCUT2D eigenvalue weighted by Crippen LogP contribution is 2.42. The Hall–Kier alpha value is -1.39. The van der Waals surface area contributed by atoms with Gasteiger partial charge >= 0.3 is 6.09 Å². The number of hydrogen-bond acceptors (Lipinski definition) is 6. The first-order valence-corrected chi connectivity index (χ1v) is 11.5. The predicted octanol–water partition coefficient (Wildman–Crippen LogP) is 0.209. The van der Waals surface area contributed by atoms with Gasteiger partial charge in [-0.2, -0.15) is 4.31 Å². The molecule has 2 saturated heterocycles. The molecule has 3 fully saturated rings. The average molecular weight is 417 g/mol. The number of nitrogens with zero attached hydrogens (tertiary/aromatic N) is 3. The van der Waals surface area contributed by atoms with Gasteiger partial charge < -0.3 is 20.3 Å². The summed E-state index contributed by atoms with van der Waals surface area (Å²) in [7, 11) is -3.49. The summed E-state index contributed by atoms with van der Waals surface area (Å²) in [6.45, 7) is 7.29. The first kappa shape index (κ1) is 21.3. The quantitative estimate of drug-likeness (QED) is 0.701. The summed E-state index contributed by atoms with van der Waals surface area (Å²) in [6, 6.07) is 0. The fraction of sp³-hybridized carbons (Fsp3) is 0.889. The van der Waals surface area contributed by atoms with E-state index in [0.29, 0.717) is 19.6 Å². The lowest BCUT2D eigenvalue weighted by atomic mass is 9.67.